The predicted molar refractivity (Wildman–Crippen MR) is 103 cm³/mol. The van der Waals surface area contributed by atoms with Gasteiger partial charge in [-0.1, -0.05) is 29.3 Å². The van der Waals surface area contributed by atoms with Crippen molar-refractivity contribution in [2.75, 3.05) is 18.0 Å². The number of aromatic nitrogens is 2. The standard InChI is InChI=1S/C18H22Cl2N4O/c1-11-16(23-9-7-18(3,21)8-10-23)22-12(2)24(17(11)25)14-6-4-5-13(19)15(14)20/h4-6H,7-10,21H2,1-3H3/i1D3. The lowest BCUT2D eigenvalue weighted by Gasteiger charge is -2.38. The number of nitrogens with two attached hydrogens (primary N) is 1. The molecule has 7 heteroatoms. The van der Waals surface area contributed by atoms with Gasteiger partial charge in [-0.05, 0) is 45.7 Å². The van der Waals surface area contributed by atoms with E-state index in [1.165, 1.54) is 4.57 Å². The Labute approximate surface area is 161 Å². The maximum Gasteiger partial charge on any atom is 0.263 e. The summed E-state index contributed by atoms with van der Waals surface area (Å²) in [5.74, 6) is 0.519. The third-order valence-corrected chi connectivity index (χ3v) is 5.42. The summed E-state index contributed by atoms with van der Waals surface area (Å²) in [7, 11) is 0. The minimum absolute atomic E-state index is 0.164. The molecule has 3 rings (SSSR count). The Morgan fingerprint density at radius 2 is 2.00 bits per heavy atom. The molecule has 0 atom stereocenters. The second-order valence-corrected chi connectivity index (χ2v) is 7.50. The lowest BCUT2D eigenvalue weighted by molar-refractivity contribution is 0.362. The fourth-order valence-electron chi connectivity index (χ4n) is 3.02. The van der Waals surface area contributed by atoms with Crippen LogP contribution in [-0.4, -0.2) is 28.2 Å². The Balaban J connectivity index is 2.22. The van der Waals surface area contributed by atoms with Crippen LogP contribution < -0.4 is 16.2 Å². The van der Waals surface area contributed by atoms with Crippen molar-refractivity contribution in [3.63, 3.8) is 0 Å². The Morgan fingerprint density at radius 1 is 1.32 bits per heavy atom. The number of rotatable bonds is 2. The molecule has 134 valence electrons. The molecule has 0 radical (unpaired) electrons. The second kappa shape index (κ2) is 6.63. The number of nitrogens with zero attached hydrogens (tertiary/aromatic N) is 3. The highest BCUT2D eigenvalue weighted by Crippen LogP contribution is 2.29. The van der Waals surface area contributed by atoms with Gasteiger partial charge in [0.2, 0.25) is 0 Å². The molecule has 1 aromatic heterocycles. The topological polar surface area (TPSA) is 64.2 Å². The van der Waals surface area contributed by atoms with Gasteiger partial charge in [0, 0.05) is 22.7 Å². The van der Waals surface area contributed by atoms with Crippen molar-refractivity contribution in [1.82, 2.24) is 9.55 Å². The quantitative estimate of drug-likeness (QED) is 0.861. The predicted octanol–water partition coefficient (Wildman–Crippen LogP) is 3.47. The first-order valence-corrected chi connectivity index (χ1v) is 8.80. The van der Waals surface area contributed by atoms with Gasteiger partial charge in [-0.2, -0.15) is 0 Å². The molecule has 1 saturated heterocycles. The molecule has 1 aromatic carbocycles. The molecule has 1 aliphatic heterocycles. The molecular weight excluding hydrogens is 359 g/mol. The van der Waals surface area contributed by atoms with Gasteiger partial charge in [0.25, 0.3) is 5.56 Å². The maximum absolute atomic E-state index is 13.3. The third-order valence-electron chi connectivity index (χ3n) is 4.61. The normalized spacial score (nSPS) is 19.2. The van der Waals surface area contributed by atoms with Crippen LogP contribution in [0.2, 0.25) is 10.0 Å². The van der Waals surface area contributed by atoms with E-state index in [1.807, 2.05) is 11.8 Å². The van der Waals surface area contributed by atoms with E-state index in [4.69, 9.17) is 33.0 Å². The molecule has 5 nitrogen and oxygen atoms in total. The maximum atomic E-state index is 13.3. The summed E-state index contributed by atoms with van der Waals surface area (Å²) in [5, 5.41) is 0.431. The Bertz CT molecular complexity index is 963. The highest BCUT2D eigenvalue weighted by Gasteiger charge is 2.28. The van der Waals surface area contributed by atoms with Crippen LogP contribution in [0.25, 0.3) is 5.69 Å². The number of benzene rings is 1. The Morgan fingerprint density at radius 3 is 2.64 bits per heavy atom. The van der Waals surface area contributed by atoms with Crippen molar-refractivity contribution < 1.29 is 4.11 Å². The summed E-state index contributed by atoms with van der Waals surface area (Å²) in [4.78, 5) is 19.6. The smallest absolute Gasteiger partial charge is 0.263 e. The fraction of sp³-hybridized carbons (Fsp3) is 0.444. The van der Waals surface area contributed by atoms with Crippen molar-refractivity contribution in [3.05, 3.63) is 50.0 Å². The van der Waals surface area contributed by atoms with Crippen LogP contribution in [0.1, 0.15) is 35.3 Å². The number of halogens is 2. The molecule has 1 aliphatic rings. The molecule has 0 spiro atoms. The lowest BCUT2D eigenvalue weighted by atomic mass is 9.91. The Hall–Kier alpha value is -1.56. The first-order chi connectivity index (χ1) is 12.9. The van der Waals surface area contributed by atoms with E-state index in [0.717, 1.165) is 0 Å². The molecule has 0 amide bonds. The number of hydrogen-bond donors (Lipinski definition) is 1. The van der Waals surface area contributed by atoms with Crippen molar-refractivity contribution in [2.45, 2.75) is 39.1 Å². The molecule has 0 saturated carbocycles. The monoisotopic (exact) mass is 383 g/mol. The zero-order valence-electron chi connectivity index (χ0n) is 17.1. The highest BCUT2D eigenvalue weighted by molar-refractivity contribution is 6.43. The second-order valence-electron chi connectivity index (χ2n) is 6.71. The van der Waals surface area contributed by atoms with Crippen LogP contribution in [0.3, 0.4) is 0 Å². The number of hydrogen-bond acceptors (Lipinski definition) is 4. The van der Waals surface area contributed by atoms with Gasteiger partial charge in [-0.15, -0.1) is 0 Å². The van der Waals surface area contributed by atoms with Gasteiger partial charge < -0.3 is 10.6 Å². The molecule has 1 fully saturated rings. The van der Waals surface area contributed by atoms with Gasteiger partial charge in [0.05, 0.1) is 21.3 Å². The number of piperidine rings is 1. The summed E-state index contributed by atoms with van der Waals surface area (Å²) in [6, 6.07) is 4.84. The molecule has 0 aliphatic carbocycles. The van der Waals surface area contributed by atoms with E-state index in [-0.39, 0.29) is 27.0 Å². The first-order valence-electron chi connectivity index (χ1n) is 9.55. The van der Waals surface area contributed by atoms with Crippen LogP contribution in [0.4, 0.5) is 5.82 Å². The molecule has 2 aromatic rings. The molecule has 25 heavy (non-hydrogen) atoms. The minimum atomic E-state index is -2.64. The molecule has 0 unspecified atom stereocenters. The van der Waals surface area contributed by atoms with Gasteiger partial charge in [0.1, 0.15) is 11.6 Å². The van der Waals surface area contributed by atoms with Crippen LogP contribution in [-0.2, 0) is 0 Å². The zero-order chi connectivity index (χ0) is 20.9. The van der Waals surface area contributed by atoms with Gasteiger partial charge in [-0.25, -0.2) is 4.98 Å². The van der Waals surface area contributed by atoms with Crippen LogP contribution in [0.5, 0.6) is 0 Å². The summed E-state index contributed by atoms with van der Waals surface area (Å²) < 4.78 is 25.0. The SMILES string of the molecule is [2H]C([2H])([2H])c1c(N2CCC(C)(N)CC2)nc(C)n(-c2cccc(Cl)c2Cl)c1=O. The summed E-state index contributed by atoms with van der Waals surface area (Å²) >= 11 is 12.4. The average Bonchev–Trinajstić information content (AvgIpc) is 2.56. The molecule has 0 bridgehead atoms. The van der Waals surface area contributed by atoms with Crippen molar-refractivity contribution in [1.29, 1.82) is 0 Å². The van der Waals surface area contributed by atoms with Crippen LogP contribution >= 0.6 is 23.2 Å². The van der Waals surface area contributed by atoms with Crippen molar-refractivity contribution in [2.24, 2.45) is 5.73 Å². The van der Waals surface area contributed by atoms with Gasteiger partial charge >= 0.3 is 0 Å². The van der Waals surface area contributed by atoms with Crippen molar-refractivity contribution in [3.8, 4) is 5.69 Å². The van der Waals surface area contributed by atoms with Crippen LogP contribution in [0, 0.1) is 13.8 Å². The van der Waals surface area contributed by atoms with E-state index >= 15 is 0 Å². The summed E-state index contributed by atoms with van der Waals surface area (Å²) in [6.45, 7) is 2.03. The van der Waals surface area contributed by atoms with E-state index in [1.54, 1.807) is 25.1 Å². The van der Waals surface area contributed by atoms with Crippen molar-refractivity contribution >= 4 is 29.0 Å². The van der Waals surface area contributed by atoms with Crippen LogP contribution in [0.15, 0.2) is 23.0 Å². The first kappa shape index (κ1) is 14.6. The minimum Gasteiger partial charge on any atom is -0.356 e. The molecular formula is C18H22Cl2N4O. The Kier molecular flexibility index (Phi) is 3.87. The lowest BCUT2D eigenvalue weighted by Crippen LogP contribution is -2.49. The van der Waals surface area contributed by atoms with Gasteiger partial charge in [0.15, 0.2) is 0 Å². The number of aryl methyl sites for hydroxylation is 1. The summed E-state index contributed by atoms with van der Waals surface area (Å²) in [5.41, 5.74) is 5.17. The highest BCUT2D eigenvalue weighted by atomic mass is 35.5. The zero-order valence-corrected chi connectivity index (χ0v) is 15.7. The van der Waals surface area contributed by atoms with E-state index in [0.29, 0.717) is 37.4 Å². The van der Waals surface area contributed by atoms with E-state index < -0.39 is 12.4 Å². The van der Waals surface area contributed by atoms with E-state index in [9.17, 15) is 4.79 Å². The molecule has 2 N–H and O–H groups in total. The van der Waals surface area contributed by atoms with Gasteiger partial charge in [-0.3, -0.25) is 9.36 Å². The number of anilines is 1. The van der Waals surface area contributed by atoms with E-state index in [2.05, 4.69) is 4.98 Å². The summed E-state index contributed by atoms with van der Waals surface area (Å²) in [6.07, 6.45) is 1.36. The third kappa shape index (κ3) is 3.41. The largest absolute Gasteiger partial charge is 0.356 e. The fourth-order valence-corrected chi connectivity index (χ4v) is 3.40. The molecule has 2 heterocycles. The average molecular weight is 384 g/mol.